The molecular weight excluding hydrogens is 259 g/mol. The minimum absolute atomic E-state index is 0.112. The fourth-order valence-electron chi connectivity index (χ4n) is 2.02. The topological polar surface area (TPSA) is 59.1 Å². The monoisotopic (exact) mass is 268 g/mol. The fraction of sp³-hybridized carbons (Fsp3) is 0. The number of Topliss-reactive ketones (excluding diaryl/α,β-unsaturated/α-hetero) is 1. The Morgan fingerprint density at radius 2 is 1.95 bits per heavy atom. The van der Waals surface area contributed by atoms with Gasteiger partial charge in [0, 0.05) is 29.7 Å². The molecule has 0 bridgehead atoms. The Morgan fingerprint density at radius 1 is 1.10 bits per heavy atom. The van der Waals surface area contributed by atoms with Crippen LogP contribution in [0.15, 0.2) is 54.5 Å². The molecule has 1 aromatic carbocycles. The van der Waals surface area contributed by atoms with Crippen molar-refractivity contribution in [3.63, 3.8) is 0 Å². The second kappa shape index (κ2) is 4.70. The first kappa shape index (κ1) is 12.2. The van der Waals surface area contributed by atoms with Gasteiger partial charge in [0.15, 0.2) is 5.78 Å². The van der Waals surface area contributed by atoms with E-state index < -0.39 is 5.82 Å². The van der Waals surface area contributed by atoms with E-state index in [4.69, 9.17) is 0 Å². The van der Waals surface area contributed by atoms with Crippen LogP contribution in [-0.2, 0) is 0 Å². The van der Waals surface area contributed by atoms with E-state index >= 15 is 0 Å². The molecule has 3 rings (SSSR count). The van der Waals surface area contributed by atoms with E-state index in [-0.39, 0.29) is 22.8 Å². The van der Waals surface area contributed by atoms with Crippen molar-refractivity contribution < 1.29 is 14.0 Å². The van der Waals surface area contributed by atoms with Crippen molar-refractivity contribution in [1.82, 2.24) is 4.98 Å². The molecule has 4 nitrogen and oxygen atoms in total. The van der Waals surface area contributed by atoms with E-state index in [9.17, 15) is 14.0 Å². The second-order valence-electron chi connectivity index (χ2n) is 4.31. The molecule has 5 heteroatoms. The molecule has 1 N–H and O–H groups in total. The summed E-state index contributed by atoms with van der Waals surface area (Å²) < 4.78 is 13.1. The van der Waals surface area contributed by atoms with Gasteiger partial charge in [-0.1, -0.05) is 6.07 Å². The van der Waals surface area contributed by atoms with Crippen LogP contribution in [0.3, 0.4) is 0 Å². The molecule has 0 unspecified atom stereocenters. The van der Waals surface area contributed by atoms with Crippen LogP contribution in [0, 0.1) is 5.82 Å². The Bertz CT molecular complexity index is 753. The van der Waals surface area contributed by atoms with Gasteiger partial charge in [-0.3, -0.25) is 14.6 Å². The first-order chi connectivity index (χ1) is 9.65. The zero-order valence-corrected chi connectivity index (χ0v) is 10.3. The molecule has 98 valence electrons. The van der Waals surface area contributed by atoms with Crippen LogP contribution in [0.2, 0.25) is 0 Å². The minimum atomic E-state index is -0.424. The Kier molecular flexibility index (Phi) is 2.87. The number of benzene rings is 1. The van der Waals surface area contributed by atoms with Crippen molar-refractivity contribution in [2.75, 3.05) is 5.32 Å². The lowest BCUT2D eigenvalue weighted by Gasteiger charge is -2.16. The highest BCUT2D eigenvalue weighted by molar-refractivity contribution is 6.25. The third kappa shape index (κ3) is 2.09. The van der Waals surface area contributed by atoms with Crippen molar-refractivity contribution in [3.8, 4) is 0 Å². The number of hydrogen-bond donors (Lipinski definition) is 1. The highest BCUT2D eigenvalue weighted by atomic mass is 19.1. The molecule has 0 aliphatic heterocycles. The number of allylic oxidation sites excluding steroid dienone is 2. The van der Waals surface area contributed by atoms with Crippen LogP contribution in [0.5, 0.6) is 0 Å². The Labute approximate surface area is 114 Å². The summed E-state index contributed by atoms with van der Waals surface area (Å²) in [5.74, 6) is -1.04. The van der Waals surface area contributed by atoms with Crippen LogP contribution < -0.4 is 5.32 Å². The predicted octanol–water partition coefficient (Wildman–Crippen LogP) is 2.60. The molecule has 0 fully saturated rings. The smallest absolute Gasteiger partial charge is 0.211 e. The Morgan fingerprint density at radius 3 is 2.75 bits per heavy atom. The quantitative estimate of drug-likeness (QED) is 0.909. The molecule has 1 aromatic heterocycles. The maximum atomic E-state index is 13.1. The maximum absolute atomic E-state index is 13.1. The van der Waals surface area contributed by atoms with E-state index in [0.29, 0.717) is 11.3 Å². The standard InChI is InChI=1S/C15H9FN2O2/c16-9-2-1-3-10(6-9)18-13-7-14(19)11-4-5-17-8-12(11)15(13)20/h1-8,18H. The summed E-state index contributed by atoms with van der Waals surface area (Å²) in [6.07, 6.45) is 4.04. The summed E-state index contributed by atoms with van der Waals surface area (Å²) in [6.45, 7) is 0. The number of halogens is 1. The van der Waals surface area contributed by atoms with E-state index in [1.807, 2.05) is 0 Å². The number of nitrogens with one attached hydrogen (secondary N) is 1. The van der Waals surface area contributed by atoms with Gasteiger partial charge in [-0.05, 0) is 24.3 Å². The number of pyridine rings is 1. The number of hydrogen-bond acceptors (Lipinski definition) is 4. The summed E-state index contributed by atoms with van der Waals surface area (Å²) in [6, 6.07) is 7.18. The van der Waals surface area contributed by atoms with Crippen LogP contribution in [0.4, 0.5) is 10.1 Å². The molecule has 0 saturated heterocycles. The van der Waals surface area contributed by atoms with Crippen LogP contribution in [0.25, 0.3) is 0 Å². The van der Waals surface area contributed by atoms with Crippen molar-refractivity contribution in [1.29, 1.82) is 0 Å². The first-order valence-corrected chi connectivity index (χ1v) is 5.92. The van der Waals surface area contributed by atoms with Gasteiger partial charge in [-0.15, -0.1) is 0 Å². The van der Waals surface area contributed by atoms with Crippen LogP contribution >= 0.6 is 0 Å². The number of aromatic nitrogens is 1. The molecule has 0 radical (unpaired) electrons. The predicted molar refractivity (Wildman–Crippen MR) is 71.0 cm³/mol. The molecular formula is C15H9FN2O2. The van der Waals surface area contributed by atoms with Gasteiger partial charge in [0.05, 0.1) is 11.3 Å². The normalized spacial score (nSPS) is 13.8. The van der Waals surface area contributed by atoms with E-state index in [0.717, 1.165) is 0 Å². The Balaban J connectivity index is 1.96. The summed E-state index contributed by atoms with van der Waals surface area (Å²) in [7, 11) is 0. The average molecular weight is 268 g/mol. The highest BCUT2D eigenvalue weighted by Gasteiger charge is 2.25. The lowest BCUT2D eigenvalue weighted by Crippen LogP contribution is -2.21. The number of fused-ring (bicyclic) bond motifs is 1. The van der Waals surface area contributed by atoms with Gasteiger partial charge < -0.3 is 5.32 Å². The molecule has 2 aromatic rings. The molecule has 1 aliphatic carbocycles. The zero-order valence-electron chi connectivity index (χ0n) is 10.3. The molecule has 0 saturated carbocycles. The van der Waals surface area contributed by atoms with Crippen molar-refractivity contribution in [2.24, 2.45) is 0 Å². The summed E-state index contributed by atoms with van der Waals surface area (Å²) in [5.41, 5.74) is 1.10. The molecule has 0 spiro atoms. The van der Waals surface area contributed by atoms with Crippen LogP contribution in [0.1, 0.15) is 20.7 Å². The van der Waals surface area contributed by atoms with Gasteiger partial charge in [-0.2, -0.15) is 0 Å². The second-order valence-corrected chi connectivity index (χ2v) is 4.31. The third-order valence-electron chi connectivity index (χ3n) is 2.95. The van der Waals surface area contributed by atoms with Gasteiger partial charge in [0.1, 0.15) is 5.82 Å². The minimum Gasteiger partial charge on any atom is -0.352 e. The van der Waals surface area contributed by atoms with Crippen molar-refractivity contribution >= 4 is 17.3 Å². The number of carbonyl (C=O) groups excluding carboxylic acids is 2. The number of anilines is 1. The maximum Gasteiger partial charge on any atom is 0.211 e. The molecule has 1 aliphatic rings. The number of carbonyl (C=O) groups is 2. The summed E-state index contributed by atoms with van der Waals surface area (Å²) >= 11 is 0. The summed E-state index contributed by atoms with van der Waals surface area (Å²) in [5, 5.41) is 2.77. The molecule has 1 heterocycles. The van der Waals surface area contributed by atoms with E-state index in [1.165, 1.54) is 42.7 Å². The highest BCUT2D eigenvalue weighted by Crippen LogP contribution is 2.22. The fourth-order valence-corrected chi connectivity index (χ4v) is 2.02. The summed E-state index contributed by atoms with van der Waals surface area (Å²) in [4.78, 5) is 28.0. The largest absolute Gasteiger partial charge is 0.352 e. The van der Waals surface area contributed by atoms with Crippen molar-refractivity contribution in [2.45, 2.75) is 0 Å². The third-order valence-corrected chi connectivity index (χ3v) is 2.95. The number of rotatable bonds is 2. The SMILES string of the molecule is O=C1C=C(Nc2cccc(F)c2)C(=O)c2cnccc21. The first-order valence-electron chi connectivity index (χ1n) is 5.92. The molecule has 20 heavy (non-hydrogen) atoms. The zero-order chi connectivity index (χ0) is 14.1. The van der Waals surface area contributed by atoms with E-state index in [1.54, 1.807) is 6.07 Å². The van der Waals surface area contributed by atoms with Crippen LogP contribution in [-0.4, -0.2) is 16.6 Å². The number of nitrogens with zero attached hydrogens (tertiary/aromatic N) is 1. The van der Waals surface area contributed by atoms with Crippen molar-refractivity contribution in [3.05, 3.63) is 71.4 Å². The van der Waals surface area contributed by atoms with E-state index in [2.05, 4.69) is 10.3 Å². The average Bonchev–Trinajstić information content (AvgIpc) is 2.45. The Hall–Kier alpha value is -2.82. The molecule has 0 atom stereocenters. The lowest BCUT2D eigenvalue weighted by molar-refractivity contribution is 0.0985. The number of ketones is 2. The van der Waals surface area contributed by atoms with Gasteiger partial charge in [-0.25, -0.2) is 4.39 Å². The molecule has 0 amide bonds. The van der Waals surface area contributed by atoms with Gasteiger partial charge in [0.2, 0.25) is 5.78 Å². The van der Waals surface area contributed by atoms with Gasteiger partial charge in [0.25, 0.3) is 0 Å². The van der Waals surface area contributed by atoms with Gasteiger partial charge >= 0.3 is 0 Å². The lowest BCUT2D eigenvalue weighted by atomic mass is 9.94.